The van der Waals surface area contributed by atoms with Crippen molar-refractivity contribution in [1.82, 2.24) is 9.62 Å². The van der Waals surface area contributed by atoms with Crippen LogP contribution in [-0.4, -0.2) is 59.6 Å². The van der Waals surface area contributed by atoms with E-state index in [0.717, 1.165) is 9.87 Å². The SMILES string of the molecule is CCN(CC(=O)NCCc1ccc(OC)c(OC)c1)S(=O)(=O)c1ccc(OC)cc1. The van der Waals surface area contributed by atoms with Gasteiger partial charge >= 0.3 is 0 Å². The number of nitrogens with zero attached hydrogens (tertiary/aromatic N) is 1. The second-order valence-corrected chi connectivity index (χ2v) is 8.33. The summed E-state index contributed by atoms with van der Waals surface area (Å²) in [6.07, 6.45) is 0.573. The number of methoxy groups -OCH3 is 3. The molecule has 30 heavy (non-hydrogen) atoms. The van der Waals surface area contributed by atoms with Crippen LogP contribution >= 0.6 is 0 Å². The van der Waals surface area contributed by atoms with Crippen molar-refractivity contribution in [2.75, 3.05) is 41.0 Å². The van der Waals surface area contributed by atoms with E-state index < -0.39 is 10.0 Å². The summed E-state index contributed by atoms with van der Waals surface area (Å²) in [6, 6.07) is 11.6. The highest BCUT2D eigenvalue weighted by Gasteiger charge is 2.25. The molecule has 0 bridgehead atoms. The van der Waals surface area contributed by atoms with Crippen molar-refractivity contribution in [1.29, 1.82) is 0 Å². The summed E-state index contributed by atoms with van der Waals surface area (Å²) in [5.74, 6) is 1.44. The van der Waals surface area contributed by atoms with Crippen LogP contribution in [0.25, 0.3) is 0 Å². The molecule has 2 aromatic carbocycles. The van der Waals surface area contributed by atoms with E-state index in [9.17, 15) is 13.2 Å². The summed E-state index contributed by atoms with van der Waals surface area (Å²) in [5, 5.41) is 2.77. The number of carbonyl (C=O) groups is 1. The van der Waals surface area contributed by atoms with Gasteiger partial charge in [0.05, 0.1) is 32.8 Å². The highest BCUT2D eigenvalue weighted by molar-refractivity contribution is 7.89. The minimum absolute atomic E-state index is 0.114. The lowest BCUT2D eigenvalue weighted by atomic mass is 10.1. The van der Waals surface area contributed by atoms with E-state index in [0.29, 0.717) is 30.2 Å². The predicted molar refractivity (Wildman–Crippen MR) is 114 cm³/mol. The Morgan fingerprint density at radius 3 is 2.20 bits per heavy atom. The highest BCUT2D eigenvalue weighted by Crippen LogP contribution is 2.27. The maximum absolute atomic E-state index is 12.8. The van der Waals surface area contributed by atoms with Gasteiger partial charge < -0.3 is 19.5 Å². The molecule has 1 amide bonds. The number of carbonyl (C=O) groups excluding carboxylic acids is 1. The van der Waals surface area contributed by atoms with Crippen molar-refractivity contribution in [3.05, 3.63) is 48.0 Å². The zero-order valence-corrected chi connectivity index (χ0v) is 18.5. The predicted octanol–water partition coefficient (Wildman–Crippen LogP) is 2.08. The minimum Gasteiger partial charge on any atom is -0.497 e. The Morgan fingerprint density at radius 2 is 1.63 bits per heavy atom. The number of benzene rings is 2. The third-order valence-corrected chi connectivity index (χ3v) is 6.49. The molecular formula is C21H28N2O6S. The van der Waals surface area contributed by atoms with E-state index in [4.69, 9.17) is 14.2 Å². The van der Waals surface area contributed by atoms with E-state index in [1.165, 1.54) is 19.2 Å². The molecule has 0 aliphatic rings. The number of nitrogens with one attached hydrogen (secondary N) is 1. The van der Waals surface area contributed by atoms with Crippen molar-refractivity contribution in [3.8, 4) is 17.2 Å². The first-order valence-corrected chi connectivity index (χ1v) is 10.9. The summed E-state index contributed by atoms with van der Waals surface area (Å²) in [7, 11) is 0.858. The molecule has 0 saturated heterocycles. The molecule has 2 aromatic rings. The van der Waals surface area contributed by atoms with Crippen molar-refractivity contribution in [2.45, 2.75) is 18.2 Å². The highest BCUT2D eigenvalue weighted by atomic mass is 32.2. The fourth-order valence-corrected chi connectivity index (χ4v) is 4.27. The Hall–Kier alpha value is -2.78. The molecule has 0 unspecified atom stereocenters. The number of rotatable bonds is 11. The largest absolute Gasteiger partial charge is 0.497 e. The number of amides is 1. The Morgan fingerprint density at radius 1 is 0.967 bits per heavy atom. The second kappa shape index (κ2) is 10.8. The Bertz CT molecular complexity index is 944. The molecule has 1 N–H and O–H groups in total. The van der Waals surface area contributed by atoms with Crippen LogP contribution in [0.4, 0.5) is 0 Å². The zero-order chi connectivity index (χ0) is 22.1. The third-order valence-electron chi connectivity index (χ3n) is 4.55. The Labute approximate surface area is 177 Å². The topological polar surface area (TPSA) is 94.2 Å². The molecule has 164 valence electrons. The van der Waals surface area contributed by atoms with Crippen molar-refractivity contribution in [3.63, 3.8) is 0 Å². The molecule has 0 fully saturated rings. The van der Waals surface area contributed by atoms with Gasteiger partial charge in [0.2, 0.25) is 15.9 Å². The van der Waals surface area contributed by atoms with Gasteiger partial charge in [-0.05, 0) is 48.4 Å². The Kier molecular flexibility index (Phi) is 8.49. The fourth-order valence-electron chi connectivity index (χ4n) is 2.86. The van der Waals surface area contributed by atoms with Crippen LogP contribution in [0.15, 0.2) is 47.4 Å². The van der Waals surface area contributed by atoms with Crippen LogP contribution in [0.1, 0.15) is 12.5 Å². The molecule has 0 saturated carbocycles. The molecule has 0 heterocycles. The van der Waals surface area contributed by atoms with Crippen molar-refractivity contribution < 1.29 is 27.4 Å². The van der Waals surface area contributed by atoms with E-state index in [-0.39, 0.29) is 23.9 Å². The smallest absolute Gasteiger partial charge is 0.243 e. The number of hydrogen-bond donors (Lipinski definition) is 1. The van der Waals surface area contributed by atoms with E-state index >= 15 is 0 Å². The van der Waals surface area contributed by atoms with Crippen molar-refractivity contribution >= 4 is 15.9 Å². The van der Waals surface area contributed by atoms with Gasteiger partial charge in [-0.3, -0.25) is 4.79 Å². The minimum atomic E-state index is -3.78. The average Bonchev–Trinajstić information content (AvgIpc) is 2.77. The number of likely N-dealkylation sites (N-methyl/N-ethyl adjacent to an activating group) is 1. The lowest BCUT2D eigenvalue weighted by Crippen LogP contribution is -2.41. The average molecular weight is 437 g/mol. The zero-order valence-electron chi connectivity index (χ0n) is 17.7. The van der Waals surface area contributed by atoms with Gasteiger partial charge in [0.15, 0.2) is 11.5 Å². The first-order chi connectivity index (χ1) is 14.3. The van der Waals surface area contributed by atoms with Gasteiger partial charge in [0.1, 0.15) is 5.75 Å². The third kappa shape index (κ3) is 5.87. The molecule has 8 nitrogen and oxygen atoms in total. The first-order valence-electron chi connectivity index (χ1n) is 9.47. The summed E-state index contributed by atoms with van der Waals surface area (Å²) in [6.45, 7) is 1.99. The van der Waals surface area contributed by atoms with Crippen LogP contribution in [0.3, 0.4) is 0 Å². The number of ether oxygens (including phenoxy) is 3. The summed E-state index contributed by atoms with van der Waals surface area (Å²) in [4.78, 5) is 12.4. The standard InChI is InChI=1S/C21H28N2O6S/c1-5-23(30(25,26)18-9-7-17(27-2)8-10-18)15-21(24)22-13-12-16-6-11-19(28-3)20(14-16)29-4/h6-11,14H,5,12-13,15H2,1-4H3,(H,22,24). The van der Waals surface area contributed by atoms with E-state index in [2.05, 4.69) is 5.32 Å². The molecule has 2 rings (SSSR count). The van der Waals surface area contributed by atoms with Gasteiger partial charge in [0, 0.05) is 13.1 Å². The molecule has 9 heteroatoms. The molecule has 0 aliphatic carbocycles. The number of hydrogen-bond acceptors (Lipinski definition) is 6. The van der Waals surface area contributed by atoms with E-state index in [1.54, 1.807) is 39.3 Å². The molecule has 0 radical (unpaired) electrons. The Balaban J connectivity index is 1.95. The van der Waals surface area contributed by atoms with Gasteiger partial charge in [-0.25, -0.2) is 8.42 Å². The molecule has 0 atom stereocenters. The van der Waals surface area contributed by atoms with Crippen LogP contribution in [0, 0.1) is 0 Å². The molecule has 0 aromatic heterocycles. The summed E-state index contributed by atoms with van der Waals surface area (Å²) >= 11 is 0. The maximum Gasteiger partial charge on any atom is 0.243 e. The second-order valence-electron chi connectivity index (χ2n) is 6.40. The van der Waals surface area contributed by atoms with Crippen LogP contribution in [-0.2, 0) is 21.2 Å². The van der Waals surface area contributed by atoms with Gasteiger partial charge in [0.25, 0.3) is 0 Å². The quantitative estimate of drug-likeness (QED) is 0.580. The molecular weight excluding hydrogens is 408 g/mol. The lowest BCUT2D eigenvalue weighted by molar-refractivity contribution is -0.121. The van der Waals surface area contributed by atoms with Gasteiger partial charge in [-0.15, -0.1) is 0 Å². The first kappa shape index (κ1) is 23.5. The van der Waals surface area contributed by atoms with Crippen molar-refractivity contribution in [2.24, 2.45) is 0 Å². The molecule has 0 spiro atoms. The van der Waals surface area contributed by atoms with Crippen LogP contribution < -0.4 is 19.5 Å². The van der Waals surface area contributed by atoms with E-state index in [1.807, 2.05) is 12.1 Å². The summed E-state index contributed by atoms with van der Waals surface area (Å²) in [5.41, 5.74) is 0.964. The fraction of sp³-hybridized carbons (Fsp3) is 0.381. The van der Waals surface area contributed by atoms with Gasteiger partial charge in [-0.1, -0.05) is 13.0 Å². The van der Waals surface area contributed by atoms with Crippen LogP contribution in [0.2, 0.25) is 0 Å². The van der Waals surface area contributed by atoms with Crippen LogP contribution in [0.5, 0.6) is 17.2 Å². The molecule has 0 aliphatic heterocycles. The number of sulfonamides is 1. The maximum atomic E-state index is 12.8. The monoisotopic (exact) mass is 436 g/mol. The van der Waals surface area contributed by atoms with Gasteiger partial charge in [-0.2, -0.15) is 4.31 Å². The summed E-state index contributed by atoms with van der Waals surface area (Å²) < 4.78 is 42.3. The normalized spacial score (nSPS) is 11.2. The lowest BCUT2D eigenvalue weighted by Gasteiger charge is -2.20.